The third-order valence-corrected chi connectivity index (χ3v) is 11.6. The molecule has 0 bridgehead atoms. The zero-order valence-corrected chi connectivity index (χ0v) is 35.6. The van der Waals surface area contributed by atoms with E-state index in [9.17, 15) is 19.0 Å². The fraction of sp³-hybridized carbons (Fsp3) is 0.609. The van der Waals surface area contributed by atoms with Gasteiger partial charge in [-0.1, -0.05) is 145 Å². The maximum Gasteiger partial charge on any atom is 0.306 e. The largest absolute Gasteiger partial charge is 0.756 e. The van der Waals surface area contributed by atoms with Gasteiger partial charge in [-0.2, -0.15) is 0 Å². The van der Waals surface area contributed by atoms with E-state index in [2.05, 4.69) is 61.5 Å². The Balaban J connectivity index is 1.17. The molecule has 0 aromatic heterocycles. The van der Waals surface area contributed by atoms with Crippen LogP contribution in [0.4, 0.5) is 0 Å². The molecule has 9 nitrogen and oxygen atoms in total. The van der Waals surface area contributed by atoms with E-state index >= 15 is 0 Å². The Labute approximate surface area is 335 Å². The number of esters is 2. The Kier molecular flexibility index (Phi) is 19.5. The quantitative estimate of drug-likeness (QED) is 0.0169. The van der Waals surface area contributed by atoms with Gasteiger partial charge in [-0.25, -0.2) is 0 Å². The molecule has 0 amide bonds. The summed E-state index contributed by atoms with van der Waals surface area (Å²) in [5.74, 6) is -0.883. The van der Waals surface area contributed by atoms with Crippen LogP contribution in [0.5, 0.6) is 0 Å². The predicted molar refractivity (Wildman–Crippen MR) is 226 cm³/mol. The molecule has 0 saturated heterocycles. The molecule has 4 aromatic rings. The molecule has 310 valence electrons. The number of hydrogen-bond donors (Lipinski definition) is 0. The Bertz CT molecular complexity index is 1790. The summed E-state index contributed by atoms with van der Waals surface area (Å²) in [6.45, 7) is 1.89. The van der Waals surface area contributed by atoms with Crippen LogP contribution < -0.4 is 4.89 Å². The Hall–Kier alpha value is -3.07. The highest BCUT2D eigenvalue weighted by Crippen LogP contribution is 2.39. The standard InChI is InChI=1S/C46H68NO8P/c1-5-6-7-8-9-10-11-12-13-14-15-16-19-25-43(48)52-35-41(36-54-56(50,51)53-34-33-47(2,3)4)55-44(49)26-20-17-18-22-37-27-28-40-30-29-38-23-21-24-39-31-32-42(37)46(40)45(38)39/h21,23-24,27-32,41H,5-20,22,25-26,33-36H2,1-4H3/t41-/m1/s1. The van der Waals surface area contributed by atoms with E-state index in [0.717, 1.165) is 38.5 Å². The van der Waals surface area contributed by atoms with Crippen molar-refractivity contribution in [2.24, 2.45) is 0 Å². The number of quaternary nitrogens is 1. The molecule has 0 spiro atoms. The predicted octanol–water partition coefficient (Wildman–Crippen LogP) is 10.8. The van der Waals surface area contributed by atoms with Crippen LogP contribution in [0.15, 0.2) is 54.6 Å². The lowest BCUT2D eigenvalue weighted by Crippen LogP contribution is -2.37. The Morgan fingerprint density at radius 2 is 1.18 bits per heavy atom. The van der Waals surface area contributed by atoms with Gasteiger partial charge in [0.15, 0.2) is 6.10 Å². The van der Waals surface area contributed by atoms with E-state index in [4.69, 9.17) is 18.5 Å². The molecule has 1 unspecified atom stereocenters. The number of carbonyl (C=O) groups is 2. The summed E-state index contributed by atoms with van der Waals surface area (Å²) in [6.07, 6.45) is 18.4. The summed E-state index contributed by atoms with van der Waals surface area (Å²) < 4.78 is 34.1. The summed E-state index contributed by atoms with van der Waals surface area (Å²) >= 11 is 0. The van der Waals surface area contributed by atoms with Crippen LogP contribution in [0.1, 0.15) is 128 Å². The molecular formula is C46H68NO8P. The number of hydrogen-bond acceptors (Lipinski definition) is 8. The van der Waals surface area contributed by atoms with Crippen LogP contribution in [0, 0.1) is 0 Å². The van der Waals surface area contributed by atoms with Crippen molar-refractivity contribution in [2.75, 3.05) is 47.5 Å². The molecule has 0 radical (unpaired) electrons. The average Bonchev–Trinajstić information content (AvgIpc) is 3.16. The van der Waals surface area contributed by atoms with Gasteiger partial charge in [0.2, 0.25) is 0 Å². The number of likely N-dealkylation sites (N-methyl/N-ethyl adjacent to an activating group) is 1. The van der Waals surface area contributed by atoms with Crippen molar-refractivity contribution >= 4 is 52.1 Å². The SMILES string of the molecule is CCCCCCCCCCCCCCCC(=O)OC[C@H](COP(=O)([O-])OCC[N+](C)(C)C)OC(=O)CCCCCc1ccc2ccc3cccc4ccc1c2c34. The molecule has 0 fully saturated rings. The summed E-state index contributed by atoms with van der Waals surface area (Å²) in [7, 11) is 1.12. The van der Waals surface area contributed by atoms with Gasteiger partial charge < -0.3 is 27.9 Å². The number of nitrogens with zero attached hydrogens (tertiary/aromatic N) is 1. The molecular weight excluding hydrogens is 725 g/mol. The van der Waals surface area contributed by atoms with Gasteiger partial charge in [0.25, 0.3) is 7.82 Å². The molecule has 0 aliphatic heterocycles. The second-order valence-electron chi connectivity index (χ2n) is 16.5. The molecule has 0 aliphatic carbocycles. The van der Waals surface area contributed by atoms with Crippen LogP contribution in [-0.2, 0) is 39.1 Å². The minimum atomic E-state index is -4.66. The fourth-order valence-electron chi connectivity index (χ4n) is 7.32. The third-order valence-electron chi connectivity index (χ3n) is 10.6. The Morgan fingerprint density at radius 3 is 1.80 bits per heavy atom. The number of aryl methyl sites for hydroxylation is 1. The van der Waals surface area contributed by atoms with Crippen molar-refractivity contribution < 1.29 is 42.1 Å². The minimum absolute atomic E-state index is 0.0442. The van der Waals surface area contributed by atoms with Crippen LogP contribution >= 0.6 is 7.82 Å². The zero-order chi connectivity index (χ0) is 40.2. The van der Waals surface area contributed by atoms with Gasteiger partial charge in [-0.3, -0.25) is 14.2 Å². The van der Waals surface area contributed by atoms with Crippen molar-refractivity contribution in [2.45, 2.75) is 135 Å². The zero-order valence-electron chi connectivity index (χ0n) is 34.7. The number of phosphoric ester groups is 1. The van der Waals surface area contributed by atoms with E-state index in [1.54, 1.807) is 0 Å². The first-order valence-corrected chi connectivity index (χ1v) is 22.8. The van der Waals surface area contributed by atoms with Crippen LogP contribution in [-0.4, -0.2) is 70.0 Å². The summed E-state index contributed by atoms with van der Waals surface area (Å²) in [4.78, 5) is 37.9. The average molecular weight is 794 g/mol. The summed E-state index contributed by atoms with van der Waals surface area (Å²) in [5, 5.41) is 7.62. The number of phosphoric acid groups is 1. The second-order valence-corrected chi connectivity index (χ2v) is 17.9. The first kappa shape index (κ1) is 45.6. The lowest BCUT2D eigenvalue weighted by atomic mass is 9.90. The van der Waals surface area contributed by atoms with Crippen LogP contribution in [0.2, 0.25) is 0 Å². The van der Waals surface area contributed by atoms with Gasteiger partial charge in [0.1, 0.15) is 19.8 Å². The molecule has 10 heteroatoms. The molecule has 4 rings (SSSR count). The number of carbonyl (C=O) groups excluding carboxylic acids is 2. The van der Waals surface area contributed by atoms with Gasteiger partial charge in [0.05, 0.1) is 27.7 Å². The van der Waals surface area contributed by atoms with E-state index in [1.807, 2.05) is 21.1 Å². The Morgan fingerprint density at radius 1 is 0.643 bits per heavy atom. The van der Waals surface area contributed by atoms with E-state index in [1.165, 1.54) is 102 Å². The number of ether oxygens (including phenoxy) is 2. The summed E-state index contributed by atoms with van der Waals surface area (Å²) in [5.41, 5.74) is 1.29. The molecule has 56 heavy (non-hydrogen) atoms. The van der Waals surface area contributed by atoms with Crippen LogP contribution in [0.25, 0.3) is 32.3 Å². The van der Waals surface area contributed by atoms with Crippen LogP contribution in [0.3, 0.4) is 0 Å². The first-order chi connectivity index (χ1) is 27.0. The second kappa shape index (κ2) is 24.0. The minimum Gasteiger partial charge on any atom is -0.756 e. The smallest absolute Gasteiger partial charge is 0.306 e. The highest BCUT2D eigenvalue weighted by atomic mass is 31.2. The fourth-order valence-corrected chi connectivity index (χ4v) is 8.05. The lowest BCUT2D eigenvalue weighted by molar-refractivity contribution is -0.870. The van der Waals surface area contributed by atoms with Gasteiger partial charge in [0, 0.05) is 12.8 Å². The van der Waals surface area contributed by atoms with Crippen molar-refractivity contribution in [3.63, 3.8) is 0 Å². The maximum atomic E-state index is 12.9. The monoisotopic (exact) mass is 793 g/mol. The number of unbranched alkanes of at least 4 members (excludes halogenated alkanes) is 14. The van der Waals surface area contributed by atoms with Gasteiger partial charge in [-0.05, 0) is 63.6 Å². The molecule has 2 atom stereocenters. The summed E-state index contributed by atoms with van der Waals surface area (Å²) in [6, 6.07) is 19.6. The molecule has 0 saturated carbocycles. The van der Waals surface area contributed by atoms with Crippen molar-refractivity contribution in [1.29, 1.82) is 0 Å². The van der Waals surface area contributed by atoms with Crippen molar-refractivity contribution in [3.8, 4) is 0 Å². The first-order valence-electron chi connectivity index (χ1n) is 21.4. The van der Waals surface area contributed by atoms with Crippen molar-refractivity contribution in [3.05, 3.63) is 60.2 Å². The number of benzene rings is 4. The topological polar surface area (TPSA) is 111 Å². The highest BCUT2D eigenvalue weighted by molar-refractivity contribution is 7.45. The molecule has 0 aliphatic rings. The molecule has 0 N–H and O–H groups in total. The van der Waals surface area contributed by atoms with Gasteiger partial charge >= 0.3 is 11.9 Å². The number of rotatable bonds is 30. The normalized spacial score (nSPS) is 13.7. The van der Waals surface area contributed by atoms with E-state index in [0.29, 0.717) is 17.4 Å². The molecule has 0 heterocycles. The third kappa shape index (κ3) is 16.4. The van der Waals surface area contributed by atoms with E-state index < -0.39 is 32.5 Å². The lowest BCUT2D eigenvalue weighted by Gasteiger charge is -2.28. The maximum absolute atomic E-state index is 12.9. The van der Waals surface area contributed by atoms with Crippen molar-refractivity contribution in [1.82, 2.24) is 0 Å². The molecule has 4 aromatic carbocycles. The van der Waals surface area contributed by atoms with E-state index in [-0.39, 0.29) is 26.1 Å². The van der Waals surface area contributed by atoms with Gasteiger partial charge in [-0.15, -0.1) is 0 Å². The highest BCUT2D eigenvalue weighted by Gasteiger charge is 2.22.